The molecule has 0 radical (unpaired) electrons. The zero-order valence-electron chi connectivity index (χ0n) is 20.2. The van der Waals surface area contributed by atoms with Gasteiger partial charge in [0, 0.05) is 52.9 Å². The number of hydrogen-bond acceptors (Lipinski definition) is 5. The summed E-state index contributed by atoms with van der Waals surface area (Å²) in [5.41, 5.74) is 2.86. The highest BCUT2D eigenvalue weighted by Gasteiger charge is 2.27. The van der Waals surface area contributed by atoms with Crippen LogP contribution < -0.4 is 10.1 Å². The molecular formula is C26H36N4O3S. The third kappa shape index (κ3) is 6.66. The number of nitrogens with zero attached hydrogens (tertiary/aromatic N) is 3. The molecule has 1 N–H and O–H groups in total. The van der Waals surface area contributed by atoms with E-state index in [1.807, 2.05) is 29.6 Å². The summed E-state index contributed by atoms with van der Waals surface area (Å²) >= 11 is 0. The van der Waals surface area contributed by atoms with Crippen molar-refractivity contribution in [2.75, 3.05) is 60.0 Å². The first-order chi connectivity index (χ1) is 16.5. The minimum atomic E-state index is -1.33. The highest BCUT2D eigenvalue weighted by Crippen LogP contribution is 2.25. The van der Waals surface area contributed by atoms with Crippen molar-refractivity contribution in [1.29, 1.82) is 0 Å². The van der Waals surface area contributed by atoms with Gasteiger partial charge in [0.1, 0.15) is 16.7 Å². The van der Waals surface area contributed by atoms with E-state index in [0.717, 1.165) is 52.1 Å². The maximum Gasteiger partial charge on any atom is 0.257 e. The number of carbonyl (C=O) groups excluding carboxylic acids is 1. The summed E-state index contributed by atoms with van der Waals surface area (Å²) in [5.74, 6) is 0.883. The lowest BCUT2D eigenvalue weighted by molar-refractivity contribution is -0.123. The average Bonchev–Trinajstić information content (AvgIpc) is 2.84. The van der Waals surface area contributed by atoms with E-state index >= 15 is 0 Å². The van der Waals surface area contributed by atoms with Crippen LogP contribution in [0.4, 0.5) is 0 Å². The molecule has 8 heteroatoms. The number of nitrogens with one attached hydrogen (secondary N) is 1. The Bertz CT molecular complexity index is 996. The molecule has 0 bridgehead atoms. The molecule has 2 aromatic rings. The fraction of sp³-hybridized carbons (Fsp3) is 0.500. The van der Waals surface area contributed by atoms with Crippen molar-refractivity contribution in [2.24, 2.45) is 5.92 Å². The summed E-state index contributed by atoms with van der Waals surface area (Å²) in [6, 6.07) is 15.9. The number of carbonyl (C=O) groups is 1. The predicted octanol–water partition coefficient (Wildman–Crippen LogP) is 2.15. The molecule has 0 saturated carbocycles. The lowest BCUT2D eigenvalue weighted by atomic mass is 10.00. The second-order valence-corrected chi connectivity index (χ2v) is 10.9. The van der Waals surface area contributed by atoms with E-state index in [2.05, 4.69) is 46.4 Å². The monoisotopic (exact) mass is 484 g/mol. The van der Waals surface area contributed by atoms with Crippen LogP contribution in [0.25, 0.3) is 0 Å². The molecule has 1 saturated heterocycles. The zero-order chi connectivity index (χ0) is 23.9. The molecule has 2 heterocycles. The highest BCUT2D eigenvalue weighted by atomic mass is 32.2. The number of para-hydroxylation sites is 1. The Morgan fingerprint density at radius 3 is 2.68 bits per heavy atom. The Hall–Kier alpha value is -2.26. The first-order valence-electron chi connectivity index (χ1n) is 12.1. The van der Waals surface area contributed by atoms with Crippen LogP contribution in [-0.4, -0.2) is 84.2 Å². The maximum atomic E-state index is 13.0. The molecule has 2 aromatic carbocycles. The van der Waals surface area contributed by atoms with E-state index < -0.39 is 11.0 Å². The molecule has 0 aromatic heterocycles. The molecule has 0 aliphatic carbocycles. The van der Waals surface area contributed by atoms with Crippen LogP contribution >= 0.6 is 0 Å². The number of hydrogen-bond donors (Lipinski definition) is 1. The van der Waals surface area contributed by atoms with E-state index in [-0.39, 0.29) is 12.5 Å². The molecule has 2 aliphatic heterocycles. The number of benzene rings is 2. The second kappa shape index (κ2) is 11.9. The summed E-state index contributed by atoms with van der Waals surface area (Å²) in [6.45, 7) is 6.38. The van der Waals surface area contributed by atoms with Crippen LogP contribution in [0.1, 0.15) is 17.5 Å². The molecule has 34 heavy (non-hydrogen) atoms. The maximum absolute atomic E-state index is 13.0. The normalized spacial score (nSPS) is 17.7. The molecule has 0 spiro atoms. The van der Waals surface area contributed by atoms with Gasteiger partial charge in [-0.3, -0.25) is 9.69 Å². The van der Waals surface area contributed by atoms with Gasteiger partial charge in [-0.15, -0.1) is 0 Å². The molecule has 7 nitrogen and oxygen atoms in total. The highest BCUT2D eigenvalue weighted by molar-refractivity contribution is 7.82. The summed E-state index contributed by atoms with van der Waals surface area (Å²) in [4.78, 5) is 17.6. The quantitative estimate of drug-likeness (QED) is 0.495. The van der Waals surface area contributed by atoms with E-state index in [0.29, 0.717) is 23.1 Å². The van der Waals surface area contributed by atoms with Crippen LogP contribution in [0, 0.1) is 5.92 Å². The van der Waals surface area contributed by atoms with Gasteiger partial charge in [0.05, 0.1) is 4.90 Å². The van der Waals surface area contributed by atoms with Gasteiger partial charge >= 0.3 is 0 Å². The molecule has 1 unspecified atom stereocenters. The van der Waals surface area contributed by atoms with Crippen LogP contribution in [-0.2, 0) is 28.7 Å². The zero-order valence-corrected chi connectivity index (χ0v) is 21.1. The van der Waals surface area contributed by atoms with Crippen LogP contribution in [0.2, 0.25) is 0 Å². The molecule has 184 valence electrons. The van der Waals surface area contributed by atoms with Crippen LogP contribution in [0.15, 0.2) is 53.4 Å². The molecule has 1 amide bonds. The summed E-state index contributed by atoms with van der Waals surface area (Å²) in [6.07, 6.45) is 1.99. The minimum Gasteiger partial charge on any atom is -0.482 e. The predicted molar refractivity (Wildman–Crippen MR) is 135 cm³/mol. The van der Waals surface area contributed by atoms with Crippen molar-refractivity contribution < 1.29 is 13.7 Å². The minimum absolute atomic E-state index is 0.0809. The Morgan fingerprint density at radius 2 is 1.88 bits per heavy atom. The van der Waals surface area contributed by atoms with E-state index in [9.17, 15) is 9.00 Å². The fourth-order valence-corrected chi connectivity index (χ4v) is 5.90. The Morgan fingerprint density at radius 1 is 1.15 bits per heavy atom. The van der Waals surface area contributed by atoms with Crippen molar-refractivity contribution >= 4 is 16.9 Å². The van der Waals surface area contributed by atoms with Gasteiger partial charge in [0.2, 0.25) is 0 Å². The topological polar surface area (TPSA) is 65.1 Å². The fourth-order valence-electron chi connectivity index (χ4n) is 4.73. The SMILES string of the molecule is CN1CC(CN(C)S(=O)c2ccccc2OCC(=O)NCCCN2CCc3ccccc3C2)C1. The van der Waals surface area contributed by atoms with E-state index in [1.165, 1.54) is 11.1 Å². The van der Waals surface area contributed by atoms with Gasteiger partial charge in [-0.1, -0.05) is 36.4 Å². The summed E-state index contributed by atoms with van der Waals surface area (Å²) < 4.78 is 20.7. The molecular weight excluding hydrogens is 448 g/mol. The van der Waals surface area contributed by atoms with Gasteiger partial charge in [-0.25, -0.2) is 8.51 Å². The molecule has 4 rings (SSSR count). The first-order valence-corrected chi connectivity index (χ1v) is 13.2. The van der Waals surface area contributed by atoms with Crippen molar-refractivity contribution in [3.8, 4) is 5.75 Å². The Labute approximate surface area is 205 Å². The van der Waals surface area contributed by atoms with Crippen molar-refractivity contribution in [3.63, 3.8) is 0 Å². The number of amides is 1. The lowest BCUT2D eigenvalue weighted by Gasteiger charge is -2.38. The molecule has 2 aliphatic rings. The number of ether oxygens (including phenoxy) is 1. The van der Waals surface area contributed by atoms with Crippen LogP contribution in [0.5, 0.6) is 5.75 Å². The molecule has 1 fully saturated rings. The van der Waals surface area contributed by atoms with Crippen molar-refractivity contribution in [3.05, 3.63) is 59.7 Å². The second-order valence-electron chi connectivity index (χ2n) is 9.38. The average molecular weight is 485 g/mol. The smallest absolute Gasteiger partial charge is 0.257 e. The van der Waals surface area contributed by atoms with Gasteiger partial charge in [-0.2, -0.15) is 0 Å². The summed E-state index contributed by atoms with van der Waals surface area (Å²) in [7, 11) is 2.64. The Balaban J connectivity index is 1.17. The van der Waals surface area contributed by atoms with Gasteiger partial charge in [0.15, 0.2) is 6.61 Å². The Kier molecular flexibility index (Phi) is 8.72. The lowest BCUT2D eigenvalue weighted by Crippen LogP contribution is -2.48. The van der Waals surface area contributed by atoms with Gasteiger partial charge in [-0.05, 0) is 49.1 Å². The number of fused-ring (bicyclic) bond motifs is 1. The molecule has 1 atom stereocenters. The first kappa shape index (κ1) is 24.9. The van der Waals surface area contributed by atoms with Gasteiger partial charge < -0.3 is 15.0 Å². The third-order valence-corrected chi connectivity index (χ3v) is 7.95. The standard InChI is InChI=1S/C26H36N4O3S/c1-28-16-21(17-28)18-29(2)34(32)25-11-6-5-10-24(25)33-20-26(31)27-13-7-14-30-15-12-22-8-3-4-9-23(22)19-30/h3-6,8-11,21H,7,12-20H2,1-2H3,(H,27,31). The van der Waals surface area contributed by atoms with Crippen molar-refractivity contribution in [1.82, 2.24) is 19.4 Å². The van der Waals surface area contributed by atoms with Crippen LogP contribution in [0.3, 0.4) is 0 Å². The number of likely N-dealkylation sites (tertiary alicyclic amines) is 1. The van der Waals surface area contributed by atoms with Gasteiger partial charge in [0.25, 0.3) is 5.91 Å². The number of rotatable bonds is 11. The van der Waals surface area contributed by atoms with E-state index in [4.69, 9.17) is 4.74 Å². The largest absolute Gasteiger partial charge is 0.482 e. The third-order valence-electron chi connectivity index (χ3n) is 6.52. The summed E-state index contributed by atoms with van der Waals surface area (Å²) in [5, 5.41) is 2.95. The van der Waals surface area contributed by atoms with E-state index in [1.54, 1.807) is 6.07 Å². The van der Waals surface area contributed by atoms with Crippen molar-refractivity contribution in [2.45, 2.75) is 24.3 Å².